The third-order valence-electron chi connectivity index (χ3n) is 7.93. The monoisotopic (exact) mass is 685 g/mol. The molecule has 15 nitrogen and oxygen atoms in total. The first-order valence-electron chi connectivity index (χ1n) is 15.5. The summed E-state index contributed by atoms with van der Waals surface area (Å²) in [6.45, 7) is -3.04. The average Bonchev–Trinajstić information content (AvgIpc) is 3.09. The number of phenols is 3. The lowest BCUT2D eigenvalue weighted by molar-refractivity contribution is -0.142. The Morgan fingerprint density at radius 3 is 0.816 bits per heavy atom. The largest absolute Gasteiger partial charge is 0.507 e. The normalized spacial score (nSPS) is 11.1. The molecule has 0 saturated heterocycles. The number of nitrogens with one attached hydrogen (secondary N) is 3. The van der Waals surface area contributed by atoms with Gasteiger partial charge in [-0.2, -0.15) is 0 Å². The summed E-state index contributed by atoms with van der Waals surface area (Å²) in [6, 6.07) is 8.99. The van der Waals surface area contributed by atoms with Gasteiger partial charge in [-0.3, -0.25) is 14.4 Å². The number of rotatable bonds is 18. The Bertz CT molecular complexity index is 1360. The summed E-state index contributed by atoms with van der Waals surface area (Å²) >= 11 is 0. The molecule has 15 heteroatoms. The van der Waals surface area contributed by atoms with Crippen LogP contribution in [0.15, 0.2) is 36.4 Å². The number of aromatic hydroxyl groups is 3. The zero-order chi connectivity index (χ0) is 36.1. The van der Waals surface area contributed by atoms with E-state index in [0.29, 0.717) is 16.7 Å². The molecule has 3 aromatic carbocycles. The number of aliphatic hydroxyl groups excluding tert-OH is 6. The Balaban J connectivity index is 1.73. The van der Waals surface area contributed by atoms with Crippen molar-refractivity contribution in [2.24, 2.45) is 5.92 Å². The van der Waals surface area contributed by atoms with Crippen LogP contribution < -0.4 is 16.0 Å². The highest BCUT2D eigenvalue weighted by atomic mass is 16.3. The molecule has 0 bridgehead atoms. The predicted molar refractivity (Wildman–Crippen MR) is 173 cm³/mol. The second kappa shape index (κ2) is 18.7. The first kappa shape index (κ1) is 38.7. The van der Waals surface area contributed by atoms with E-state index in [1.54, 1.807) is 0 Å². The van der Waals surface area contributed by atoms with Crippen molar-refractivity contribution in [3.8, 4) is 17.2 Å². The lowest BCUT2D eigenvalue weighted by Gasteiger charge is -2.18. The molecule has 3 aromatic rings. The second-order valence-electron chi connectivity index (χ2n) is 11.3. The van der Waals surface area contributed by atoms with Crippen LogP contribution in [0.25, 0.3) is 0 Å². The topological polar surface area (TPSA) is 269 Å². The zero-order valence-electron chi connectivity index (χ0n) is 26.8. The third-order valence-corrected chi connectivity index (χ3v) is 7.93. The van der Waals surface area contributed by atoms with Crippen molar-refractivity contribution < 1.29 is 60.3 Å². The quantitative estimate of drug-likeness (QED) is 0.0701. The molecule has 0 aromatic heterocycles. The van der Waals surface area contributed by atoms with Gasteiger partial charge in [0.2, 0.25) is 17.7 Å². The fourth-order valence-electron chi connectivity index (χ4n) is 5.31. The summed E-state index contributed by atoms with van der Waals surface area (Å²) in [7, 11) is 0. The van der Waals surface area contributed by atoms with Gasteiger partial charge in [-0.15, -0.1) is 0 Å². The van der Waals surface area contributed by atoms with Crippen LogP contribution in [0.5, 0.6) is 17.2 Å². The van der Waals surface area contributed by atoms with Gasteiger partial charge in [-0.25, -0.2) is 0 Å². The highest BCUT2D eigenvalue weighted by Crippen LogP contribution is 2.27. The van der Waals surface area contributed by atoms with Gasteiger partial charge in [0.25, 0.3) is 0 Å². The minimum Gasteiger partial charge on any atom is -0.507 e. The number of hydrogen-bond donors (Lipinski definition) is 12. The van der Waals surface area contributed by atoms with Crippen molar-refractivity contribution in [2.45, 2.75) is 58.9 Å². The number of benzene rings is 3. The molecule has 0 aliphatic carbocycles. The first-order valence-corrected chi connectivity index (χ1v) is 15.5. The minimum atomic E-state index is -1.83. The molecule has 3 rings (SSSR count). The smallest absolute Gasteiger partial charge is 0.242 e. The van der Waals surface area contributed by atoms with Gasteiger partial charge in [0.15, 0.2) is 5.92 Å². The van der Waals surface area contributed by atoms with E-state index in [1.807, 2.05) is 0 Å². The Morgan fingerprint density at radius 2 is 0.633 bits per heavy atom. The molecule has 0 atom stereocenters. The fraction of sp³-hybridized carbons (Fsp3) is 0.382. The standard InChI is InChI=1S/C34H43N3O12/c38-13-22-7-19(8-23(14-39)29(22)44)1-4-35-32(47)28(33(48)36-5-2-20-9-24(15-40)30(45)25(10-20)16-41)34(49)37-6-3-21-11-26(17-42)31(46)27(12-21)18-43/h7-12,28,38-46H,1-6,13-18H2,(H,35,47)(H,36,48)(H,37,49). The molecule has 0 spiro atoms. The van der Waals surface area contributed by atoms with Gasteiger partial charge < -0.3 is 61.9 Å². The van der Waals surface area contributed by atoms with E-state index in [2.05, 4.69) is 16.0 Å². The maximum absolute atomic E-state index is 13.3. The Hall–Kier alpha value is -4.77. The van der Waals surface area contributed by atoms with E-state index in [9.17, 15) is 60.3 Å². The van der Waals surface area contributed by atoms with Gasteiger partial charge in [-0.1, -0.05) is 0 Å². The molecule has 0 unspecified atom stereocenters. The molecule has 0 heterocycles. The van der Waals surface area contributed by atoms with Crippen LogP contribution in [0.1, 0.15) is 50.1 Å². The van der Waals surface area contributed by atoms with E-state index < -0.39 is 63.3 Å². The van der Waals surface area contributed by atoms with Crippen LogP contribution in [0, 0.1) is 5.92 Å². The maximum Gasteiger partial charge on any atom is 0.242 e. The van der Waals surface area contributed by atoms with Crippen molar-refractivity contribution in [1.29, 1.82) is 0 Å². The minimum absolute atomic E-state index is 0.0425. The molecule has 0 aliphatic heterocycles. The van der Waals surface area contributed by atoms with Crippen LogP contribution in [0.4, 0.5) is 0 Å². The summed E-state index contributed by atoms with van der Waals surface area (Å²) in [4.78, 5) is 39.8. The summed E-state index contributed by atoms with van der Waals surface area (Å²) in [6.07, 6.45) is 0.513. The summed E-state index contributed by atoms with van der Waals surface area (Å²) in [5, 5.41) is 95.1. The first-order chi connectivity index (χ1) is 23.5. The summed E-state index contributed by atoms with van der Waals surface area (Å²) in [5.41, 5.74) is 2.78. The zero-order valence-corrected chi connectivity index (χ0v) is 26.8. The van der Waals surface area contributed by atoms with E-state index in [-0.39, 0.29) is 89.5 Å². The lowest BCUT2D eigenvalue weighted by Crippen LogP contribution is -2.50. The summed E-state index contributed by atoms with van der Waals surface area (Å²) in [5.74, 6) is -5.31. The second-order valence-corrected chi connectivity index (χ2v) is 11.3. The molecule has 49 heavy (non-hydrogen) atoms. The van der Waals surface area contributed by atoms with Crippen LogP contribution in [0.3, 0.4) is 0 Å². The molecule has 3 amide bonds. The van der Waals surface area contributed by atoms with Crippen LogP contribution in [-0.4, -0.2) is 83.3 Å². The van der Waals surface area contributed by atoms with Crippen LogP contribution in [-0.2, 0) is 73.3 Å². The number of carbonyl (C=O) groups is 3. The van der Waals surface area contributed by atoms with E-state index >= 15 is 0 Å². The van der Waals surface area contributed by atoms with Crippen molar-refractivity contribution in [3.05, 3.63) is 86.5 Å². The van der Waals surface area contributed by atoms with Gasteiger partial charge in [0.05, 0.1) is 39.6 Å². The maximum atomic E-state index is 13.3. The van der Waals surface area contributed by atoms with Crippen molar-refractivity contribution in [1.82, 2.24) is 16.0 Å². The van der Waals surface area contributed by atoms with Gasteiger partial charge in [-0.05, 0) is 72.4 Å². The number of amides is 3. The van der Waals surface area contributed by atoms with E-state index in [0.717, 1.165) is 0 Å². The highest BCUT2D eigenvalue weighted by Gasteiger charge is 2.33. The lowest BCUT2D eigenvalue weighted by atomic mass is 10.0. The molecule has 266 valence electrons. The van der Waals surface area contributed by atoms with Gasteiger partial charge in [0.1, 0.15) is 17.2 Å². The van der Waals surface area contributed by atoms with Crippen LogP contribution >= 0.6 is 0 Å². The Labute approximate surface area is 282 Å². The number of carbonyl (C=O) groups excluding carboxylic acids is 3. The predicted octanol–water partition coefficient (Wildman–Crippen LogP) is -1.25. The van der Waals surface area contributed by atoms with Crippen molar-refractivity contribution in [2.75, 3.05) is 19.6 Å². The van der Waals surface area contributed by atoms with Crippen LogP contribution in [0.2, 0.25) is 0 Å². The average molecular weight is 686 g/mol. The molecular formula is C34H43N3O12. The highest BCUT2D eigenvalue weighted by molar-refractivity contribution is 6.17. The van der Waals surface area contributed by atoms with Gasteiger partial charge >= 0.3 is 0 Å². The summed E-state index contributed by atoms with van der Waals surface area (Å²) < 4.78 is 0. The molecule has 0 saturated carbocycles. The number of hydrogen-bond acceptors (Lipinski definition) is 12. The number of aliphatic hydroxyl groups is 6. The van der Waals surface area contributed by atoms with Gasteiger partial charge in [0, 0.05) is 53.0 Å². The SMILES string of the molecule is O=C(NCCc1cc(CO)c(O)c(CO)c1)C(C(=O)NCCc1cc(CO)c(O)c(CO)c1)C(=O)NCCc1cc(CO)c(O)c(CO)c1. The Morgan fingerprint density at radius 1 is 0.429 bits per heavy atom. The molecular weight excluding hydrogens is 642 g/mol. The molecule has 0 fully saturated rings. The molecule has 0 aliphatic rings. The van der Waals surface area contributed by atoms with E-state index in [4.69, 9.17) is 0 Å². The van der Waals surface area contributed by atoms with E-state index in [1.165, 1.54) is 36.4 Å². The molecule has 12 N–H and O–H groups in total. The fourth-order valence-corrected chi connectivity index (χ4v) is 5.31. The molecule has 0 radical (unpaired) electrons. The Kier molecular flexibility index (Phi) is 14.8. The van der Waals surface area contributed by atoms with Crippen molar-refractivity contribution in [3.63, 3.8) is 0 Å². The van der Waals surface area contributed by atoms with Crippen molar-refractivity contribution >= 4 is 17.7 Å². The third kappa shape index (κ3) is 10.1.